The summed E-state index contributed by atoms with van der Waals surface area (Å²) < 4.78 is 5.33. The number of aliphatic carboxylic acids is 1. The third kappa shape index (κ3) is 2.31. The number of fused-ring (bicyclic) bond motifs is 1. The molecule has 2 atom stereocenters. The third-order valence-electron chi connectivity index (χ3n) is 4.01. The van der Waals surface area contributed by atoms with Crippen LogP contribution in [0.25, 0.3) is 10.8 Å². The van der Waals surface area contributed by atoms with Crippen LogP contribution < -0.4 is 4.90 Å². The Bertz CT molecular complexity index is 689. The van der Waals surface area contributed by atoms with Gasteiger partial charge in [-0.3, -0.25) is 0 Å². The van der Waals surface area contributed by atoms with Crippen molar-refractivity contribution < 1.29 is 14.6 Å². The SMILES string of the molecule is COC1CC(C(=O)O)N(c2nnc(C)c3ccccc23)C1. The van der Waals surface area contributed by atoms with Crippen molar-refractivity contribution in [2.45, 2.75) is 25.5 Å². The first-order chi connectivity index (χ1) is 10.1. The lowest BCUT2D eigenvalue weighted by atomic mass is 10.1. The number of carboxylic acids is 1. The van der Waals surface area contributed by atoms with Crippen LogP contribution in [0.5, 0.6) is 0 Å². The molecule has 21 heavy (non-hydrogen) atoms. The standard InChI is InChI=1S/C15H17N3O3/c1-9-11-5-3-4-6-12(11)14(17-16-9)18-8-10(21-2)7-13(18)15(19)20/h3-6,10,13H,7-8H2,1-2H3,(H,19,20). The maximum absolute atomic E-state index is 11.5. The zero-order valence-electron chi connectivity index (χ0n) is 12.0. The Hall–Kier alpha value is -2.21. The number of hydrogen-bond acceptors (Lipinski definition) is 5. The predicted molar refractivity (Wildman–Crippen MR) is 78.5 cm³/mol. The molecule has 0 bridgehead atoms. The molecule has 2 unspecified atom stereocenters. The molecule has 0 spiro atoms. The summed E-state index contributed by atoms with van der Waals surface area (Å²) in [5, 5.41) is 19.8. The number of ether oxygens (including phenoxy) is 1. The lowest BCUT2D eigenvalue weighted by molar-refractivity contribution is -0.138. The van der Waals surface area contributed by atoms with Gasteiger partial charge in [0.05, 0.1) is 11.8 Å². The van der Waals surface area contributed by atoms with E-state index in [0.29, 0.717) is 18.8 Å². The van der Waals surface area contributed by atoms with Crippen LogP contribution in [0.1, 0.15) is 12.1 Å². The van der Waals surface area contributed by atoms with E-state index in [1.54, 1.807) is 12.0 Å². The maximum Gasteiger partial charge on any atom is 0.326 e. The molecule has 1 aromatic carbocycles. The summed E-state index contributed by atoms with van der Waals surface area (Å²) in [6.45, 7) is 2.41. The van der Waals surface area contributed by atoms with E-state index >= 15 is 0 Å². The van der Waals surface area contributed by atoms with Crippen molar-refractivity contribution in [3.05, 3.63) is 30.0 Å². The van der Waals surface area contributed by atoms with Crippen LogP contribution in [0.2, 0.25) is 0 Å². The average molecular weight is 287 g/mol. The molecule has 2 heterocycles. The normalized spacial score (nSPS) is 21.9. The smallest absolute Gasteiger partial charge is 0.326 e. The van der Waals surface area contributed by atoms with Crippen LogP contribution >= 0.6 is 0 Å². The van der Waals surface area contributed by atoms with Gasteiger partial charge in [0, 0.05) is 30.8 Å². The van der Waals surface area contributed by atoms with Crippen molar-refractivity contribution in [1.29, 1.82) is 0 Å². The van der Waals surface area contributed by atoms with Crippen molar-refractivity contribution >= 4 is 22.6 Å². The first-order valence-corrected chi connectivity index (χ1v) is 6.86. The molecule has 1 aliphatic heterocycles. The Kier molecular flexibility index (Phi) is 3.47. The Labute approximate surface area is 122 Å². The molecule has 1 aliphatic rings. The second-order valence-corrected chi connectivity index (χ2v) is 5.25. The number of benzene rings is 1. The molecule has 0 aliphatic carbocycles. The Morgan fingerprint density at radius 1 is 1.33 bits per heavy atom. The highest BCUT2D eigenvalue weighted by atomic mass is 16.5. The number of hydrogen-bond donors (Lipinski definition) is 1. The zero-order valence-corrected chi connectivity index (χ0v) is 12.0. The second kappa shape index (κ2) is 5.29. The minimum absolute atomic E-state index is 0.104. The summed E-state index contributed by atoms with van der Waals surface area (Å²) in [6.07, 6.45) is 0.350. The summed E-state index contributed by atoms with van der Waals surface area (Å²) in [5.41, 5.74) is 0.837. The summed E-state index contributed by atoms with van der Waals surface area (Å²) in [5.74, 6) is -0.246. The van der Waals surface area contributed by atoms with Crippen molar-refractivity contribution in [2.24, 2.45) is 0 Å². The van der Waals surface area contributed by atoms with Gasteiger partial charge in [0.15, 0.2) is 5.82 Å². The molecule has 0 amide bonds. The van der Waals surface area contributed by atoms with E-state index < -0.39 is 12.0 Å². The molecule has 1 saturated heterocycles. The summed E-state index contributed by atoms with van der Waals surface area (Å²) in [7, 11) is 1.60. The van der Waals surface area contributed by atoms with Crippen LogP contribution in [-0.4, -0.2) is 47.1 Å². The summed E-state index contributed by atoms with van der Waals surface area (Å²) in [6, 6.07) is 7.16. The fraction of sp³-hybridized carbons (Fsp3) is 0.400. The number of aryl methyl sites for hydroxylation is 1. The molecule has 2 aromatic rings. The predicted octanol–water partition coefficient (Wildman–Crippen LogP) is 1.62. The molecule has 110 valence electrons. The van der Waals surface area contributed by atoms with Crippen LogP contribution in [0.4, 0.5) is 5.82 Å². The zero-order chi connectivity index (χ0) is 15.0. The van der Waals surface area contributed by atoms with Gasteiger partial charge in [-0.2, -0.15) is 5.10 Å². The van der Waals surface area contributed by atoms with Crippen LogP contribution in [0.3, 0.4) is 0 Å². The highest BCUT2D eigenvalue weighted by Crippen LogP contribution is 2.31. The highest BCUT2D eigenvalue weighted by Gasteiger charge is 2.38. The molecule has 1 N–H and O–H groups in total. The Morgan fingerprint density at radius 3 is 2.71 bits per heavy atom. The first-order valence-electron chi connectivity index (χ1n) is 6.86. The van der Waals surface area contributed by atoms with Gasteiger partial charge in [-0.1, -0.05) is 24.3 Å². The van der Waals surface area contributed by atoms with Crippen LogP contribution in [0.15, 0.2) is 24.3 Å². The minimum Gasteiger partial charge on any atom is -0.480 e. The van der Waals surface area contributed by atoms with Gasteiger partial charge in [-0.15, -0.1) is 5.10 Å². The fourth-order valence-electron chi connectivity index (χ4n) is 2.87. The van der Waals surface area contributed by atoms with Gasteiger partial charge in [-0.05, 0) is 6.92 Å². The van der Waals surface area contributed by atoms with Gasteiger partial charge in [0.1, 0.15) is 6.04 Å². The maximum atomic E-state index is 11.5. The van der Waals surface area contributed by atoms with E-state index in [2.05, 4.69) is 10.2 Å². The molecule has 0 saturated carbocycles. The van der Waals surface area contributed by atoms with E-state index in [1.807, 2.05) is 31.2 Å². The average Bonchev–Trinajstić information content (AvgIpc) is 2.92. The number of nitrogens with zero attached hydrogens (tertiary/aromatic N) is 3. The molecule has 3 rings (SSSR count). The molecular weight excluding hydrogens is 270 g/mol. The van der Waals surface area contributed by atoms with Crippen molar-refractivity contribution in [1.82, 2.24) is 10.2 Å². The van der Waals surface area contributed by atoms with E-state index in [0.717, 1.165) is 16.5 Å². The monoisotopic (exact) mass is 287 g/mol. The number of methoxy groups -OCH3 is 1. The van der Waals surface area contributed by atoms with E-state index in [-0.39, 0.29) is 6.10 Å². The highest BCUT2D eigenvalue weighted by molar-refractivity contribution is 5.95. The molecular formula is C15H17N3O3. The Morgan fingerprint density at radius 2 is 2.05 bits per heavy atom. The molecule has 0 radical (unpaired) electrons. The molecule has 1 fully saturated rings. The molecule has 6 heteroatoms. The number of carbonyl (C=O) groups is 1. The van der Waals surface area contributed by atoms with Crippen LogP contribution in [0, 0.1) is 6.92 Å². The third-order valence-corrected chi connectivity index (χ3v) is 4.01. The minimum atomic E-state index is -0.860. The van der Waals surface area contributed by atoms with Gasteiger partial charge < -0.3 is 14.7 Å². The molecule has 1 aromatic heterocycles. The van der Waals surface area contributed by atoms with E-state index in [4.69, 9.17) is 4.74 Å². The number of anilines is 1. The molecule has 6 nitrogen and oxygen atoms in total. The van der Waals surface area contributed by atoms with E-state index in [9.17, 15) is 9.90 Å². The van der Waals surface area contributed by atoms with Crippen molar-refractivity contribution in [2.75, 3.05) is 18.6 Å². The quantitative estimate of drug-likeness (QED) is 0.924. The van der Waals surface area contributed by atoms with Crippen molar-refractivity contribution in [3.63, 3.8) is 0 Å². The first kappa shape index (κ1) is 13.8. The topological polar surface area (TPSA) is 75.6 Å². The van der Waals surface area contributed by atoms with Gasteiger partial charge in [-0.25, -0.2) is 4.79 Å². The van der Waals surface area contributed by atoms with Gasteiger partial charge in [0.25, 0.3) is 0 Å². The van der Waals surface area contributed by atoms with Crippen molar-refractivity contribution in [3.8, 4) is 0 Å². The summed E-state index contributed by atoms with van der Waals surface area (Å²) in [4.78, 5) is 13.3. The lowest BCUT2D eigenvalue weighted by Gasteiger charge is -2.23. The van der Waals surface area contributed by atoms with Gasteiger partial charge in [0.2, 0.25) is 0 Å². The number of carboxylic acid groups (broad SMARTS) is 1. The van der Waals surface area contributed by atoms with Gasteiger partial charge >= 0.3 is 5.97 Å². The van der Waals surface area contributed by atoms with Crippen LogP contribution in [-0.2, 0) is 9.53 Å². The number of aromatic nitrogens is 2. The van der Waals surface area contributed by atoms with E-state index in [1.165, 1.54) is 0 Å². The summed E-state index contributed by atoms with van der Waals surface area (Å²) >= 11 is 0. The lowest BCUT2D eigenvalue weighted by Crippen LogP contribution is -2.36. The second-order valence-electron chi connectivity index (χ2n) is 5.25. The fourth-order valence-corrected chi connectivity index (χ4v) is 2.87. The number of rotatable bonds is 3. The largest absolute Gasteiger partial charge is 0.480 e. The Balaban J connectivity index is 2.11.